The molecule has 0 spiro atoms. The van der Waals surface area contributed by atoms with E-state index >= 15 is 0 Å². The lowest BCUT2D eigenvalue weighted by molar-refractivity contribution is 0.216. The number of aromatic nitrogens is 3. The van der Waals surface area contributed by atoms with Crippen molar-refractivity contribution >= 4 is 0 Å². The summed E-state index contributed by atoms with van der Waals surface area (Å²) in [6.45, 7) is 4.33. The van der Waals surface area contributed by atoms with Crippen molar-refractivity contribution in [3.8, 4) is 0 Å². The molecule has 7 heteroatoms. The average molecular weight is 207 g/mol. The van der Waals surface area contributed by atoms with Gasteiger partial charge in [-0.3, -0.25) is 4.90 Å². The van der Waals surface area contributed by atoms with Gasteiger partial charge in [0, 0.05) is 24.5 Å². The second-order valence-corrected chi connectivity index (χ2v) is 3.52. The van der Waals surface area contributed by atoms with Crippen molar-refractivity contribution in [1.82, 2.24) is 19.7 Å². The van der Waals surface area contributed by atoms with E-state index in [1.165, 1.54) is 0 Å². The van der Waals surface area contributed by atoms with Gasteiger partial charge in [-0.1, -0.05) is 5.11 Å². The van der Waals surface area contributed by atoms with Gasteiger partial charge < -0.3 is 4.57 Å². The molecule has 1 aromatic rings. The smallest absolute Gasteiger partial charge is 0.147 e. The monoisotopic (exact) mass is 207 g/mol. The number of fused-ring (bicyclic) bond motifs is 1. The van der Waals surface area contributed by atoms with Crippen LogP contribution in [0.5, 0.6) is 0 Å². The summed E-state index contributed by atoms with van der Waals surface area (Å²) in [6, 6.07) is 0. The fourth-order valence-electron chi connectivity index (χ4n) is 1.72. The van der Waals surface area contributed by atoms with Gasteiger partial charge in [-0.25, -0.2) is 0 Å². The Kier molecular flexibility index (Phi) is 3.16. The van der Waals surface area contributed by atoms with Crippen LogP contribution >= 0.6 is 0 Å². The number of nitrogens with zero attached hydrogens (tertiary/aromatic N) is 7. The normalized spacial score (nSPS) is 15.7. The van der Waals surface area contributed by atoms with Crippen LogP contribution in [0.25, 0.3) is 10.4 Å². The summed E-state index contributed by atoms with van der Waals surface area (Å²) in [5.74, 6) is 1.02. The lowest BCUT2D eigenvalue weighted by atomic mass is 10.3. The highest BCUT2D eigenvalue weighted by Crippen LogP contribution is 2.08. The fourth-order valence-corrected chi connectivity index (χ4v) is 1.72. The Morgan fingerprint density at radius 2 is 2.47 bits per heavy atom. The molecule has 0 unspecified atom stereocenters. The van der Waals surface area contributed by atoms with Crippen LogP contribution in [-0.2, 0) is 13.1 Å². The maximum atomic E-state index is 8.13. The molecule has 0 N–H and O–H groups in total. The second kappa shape index (κ2) is 4.77. The summed E-state index contributed by atoms with van der Waals surface area (Å²) in [5.41, 5.74) is 8.13. The van der Waals surface area contributed by atoms with Crippen LogP contribution in [0.1, 0.15) is 12.2 Å². The van der Waals surface area contributed by atoms with Crippen molar-refractivity contribution in [2.75, 3.05) is 19.6 Å². The molecule has 0 atom stereocenters. The van der Waals surface area contributed by atoms with Crippen LogP contribution in [0.4, 0.5) is 0 Å². The zero-order chi connectivity index (χ0) is 10.5. The summed E-state index contributed by atoms with van der Waals surface area (Å²) in [6.07, 6.45) is 2.67. The standard InChI is InChI=1S/C8H13N7/c9-13-10-2-1-3-14-4-5-15-7-11-12-8(15)6-14/h7H,1-6H2. The lowest BCUT2D eigenvalue weighted by Crippen LogP contribution is -2.34. The maximum absolute atomic E-state index is 8.13. The molecule has 0 aromatic carbocycles. The van der Waals surface area contributed by atoms with E-state index in [1.54, 1.807) is 6.33 Å². The molecule has 7 nitrogen and oxygen atoms in total. The molecular formula is C8H13N7. The number of hydrogen-bond acceptors (Lipinski definition) is 4. The minimum atomic E-state index is 0.569. The third-order valence-electron chi connectivity index (χ3n) is 2.51. The van der Waals surface area contributed by atoms with Crippen LogP contribution in [0.15, 0.2) is 11.4 Å². The van der Waals surface area contributed by atoms with Crippen LogP contribution < -0.4 is 0 Å². The first-order valence-corrected chi connectivity index (χ1v) is 5.00. The van der Waals surface area contributed by atoms with Gasteiger partial charge in [-0.2, -0.15) is 0 Å². The number of azide groups is 1. The molecule has 0 fully saturated rings. The predicted octanol–water partition coefficient (Wildman–Crippen LogP) is 0.794. The van der Waals surface area contributed by atoms with Gasteiger partial charge in [-0.15, -0.1) is 10.2 Å². The molecule has 0 saturated carbocycles. The Labute approximate surface area is 87.3 Å². The van der Waals surface area contributed by atoms with Crippen molar-refractivity contribution in [2.45, 2.75) is 19.5 Å². The summed E-state index contributed by atoms with van der Waals surface area (Å²) < 4.78 is 2.07. The quantitative estimate of drug-likeness (QED) is 0.317. The Morgan fingerprint density at radius 1 is 1.53 bits per heavy atom. The predicted molar refractivity (Wildman–Crippen MR) is 53.9 cm³/mol. The molecule has 0 bridgehead atoms. The highest BCUT2D eigenvalue weighted by molar-refractivity contribution is 4.89. The first-order chi connectivity index (χ1) is 7.40. The molecule has 0 saturated heterocycles. The van der Waals surface area contributed by atoms with Crippen LogP contribution in [0.2, 0.25) is 0 Å². The molecular weight excluding hydrogens is 194 g/mol. The van der Waals surface area contributed by atoms with Gasteiger partial charge in [-0.05, 0) is 18.5 Å². The van der Waals surface area contributed by atoms with E-state index in [9.17, 15) is 0 Å². The van der Waals surface area contributed by atoms with E-state index in [-0.39, 0.29) is 0 Å². The van der Waals surface area contributed by atoms with Crippen LogP contribution in [-0.4, -0.2) is 39.3 Å². The topological polar surface area (TPSA) is 82.7 Å². The SMILES string of the molecule is [N-]=[N+]=NCCCN1CCn2cnnc2C1. The molecule has 0 amide bonds. The molecule has 1 aliphatic rings. The number of rotatable bonds is 4. The van der Waals surface area contributed by atoms with Gasteiger partial charge in [0.25, 0.3) is 0 Å². The molecule has 80 valence electrons. The molecule has 1 aliphatic heterocycles. The van der Waals surface area contributed by atoms with Gasteiger partial charge in [0.1, 0.15) is 12.2 Å². The molecule has 2 rings (SSSR count). The Balaban J connectivity index is 1.80. The Hall–Kier alpha value is -1.59. The second-order valence-electron chi connectivity index (χ2n) is 3.52. The van der Waals surface area contributed by atoms with E-state index in [2.05, 4.69) is 29.7 Å². The zero-order valence-corrected chi connectivity index (χ0v) is 8.45. The molecule has 2 heterocycles. The van der Waals surface area contributed by atoms with E-state index in [1.807, 2.05) is 0 Å². The Morgan fingerprint density at radius 3 is 3.33 bits per heavy atom. The lowest BCUT2D eigenvalue weighted by Gasteiger charge is -2.26. The molecule has 0 radical (unpaired) electrons. The van der Waals surface area contributed by atoms with E-state index in [0.717, 1.165) is 38.4 Å². The summed E-state index contributed by atoms with van der Waals surface area (Å²) in [7, 11) is 0. The van der Waals surface area contributed by atoms with E-state index in [4.69, 9.17) is 5.53 Å². The number of hydrogen-bond donors (Lipinski definition) is 0. The van der Waals surface area contributed by atoms with Crippen LogP contribution in [0.3, 0.4) is 0 Å². The minimum Gasteiger partial charge on any atom is -0.315 e. The minimum absolute atomic E-state index is 0.569. The highest BCUT2D eigenvalue weighted by Gasteiger charge is 2.16. The zero-order valence-electron chi connectivity index (χ0n) is 8.45. The Bertz CT molecular complexity index is 365. The largest absolute Gasteiger partial charge is 0.315 e. The molecule has 1 aromatic heterocycles. The van der Waals surface area contributed by atoms with E-state index < -0.39 is 0 Å². The van der Waals surface area contributed by atoms with Crippen molar-refractivity contribution in [2.24, 2.45) is 5.11 Å². The summed E-state index contributed by atoms with van der Waals surface area (Å²) >= 11 is 0. The van der Waals surface area contributed by atoms with Crippen molar-refractivity contribution in [1.29, 1.82) is 0 Å². The maximum Gasteiger partial charge on any atom is 0.147 e. The van der Waals surface area contributed by atoms with Gasteiger partial charge in [0.2, 0.25) is 0 Å². The van der Waals surface area contributed by atoms with Gasteiger partial charge in [0.15, 0.2) is 0 Å². The highest BCUT2D eigenvalue weighted by atomic mass is 15.3. The first-order valence-electron chi connectivity index (χ1n) is 5.00. The van der Waals surface area contributed by atoms with Gasteiger partial charge >= 0.3 is 0 Å². The van der Waals surface area contributed by atoms with Crippen molar-refractivity contribution in [3.63, 3.8) is 0 Å². The van der Waals surface area contributed by atoms with Crippen molar-refractivity contribution in [3.05, 3.63) is 22.6 Å². The fraction of sp³-hybridized carbons (Fsp3) is 0.750. The third kappa shape index (κ3) is 2.45. The van der Waals surface area contributed by atoms with E-state index in [0.29, 0.717) is 6.54 Å². The molecule has 15 heavy (non-hydrogen) atoms. The van der Waals surface area contributed by atoms with Gasteiger partial charge in [0.05, 0.1) is 6.54 Å². The summed E-state index contributed by atoms with van der Waals surface area (Å²) in [4.78, 5) is 5.03. The summed E-state index contributed by atoms with van der Waals surface area (Å²) in [5, 5.41) is 11.4. The first kappa shape index (κ1) is 9.95. The third-order valence-corrected chi connectivity index (χ3v) is 2.51. The van der Waals surface area contributed by atoms with Crippen LogP contribution in [0, 0.1) is 0 Å². The van der Waals surface area contributed by atoms with Crippen molar-refractivity contribution < 1.29 is 0 Å². The average Bonchev–Trinajstić information content (AvgIpc) is 2.71. The molecule has 0 aliphatic carbocycles.